The number of rotatable bonds is 4. The summed E-state index contributed by atoms with van der Waals surface area (Å²) in [5.74, 6) is 0.298. The Labute approximate surface area is 122 Å². The lowest BCUT2D eigenvalue weighted by Crippen LogP contribution is -2.07. The molecule has 0 amide bonds. The first-order valence-electron chi connectivity index (χ1n) is 6.45. The number of nitrogens with zero attached hydrogens (tertiary/aromatic N) is 4. The fourth-order valence-electron chi connectivity index (χ4n) is 2.14. The summed E-state index contributed by atoms with van der Waals surface area (Å²) in [6, 6.07) is 2.87. The highest BCUT2D eigenvalue weighted by atomic mass is 19.3. The van der Waals surface area contributed by atoms with Crippen LogP contribution in [-0.4, -0.2) is 31.1 Å². The third-order valence-corrected chi connectivity index (χ3v) is 3.06. The molecule has 0 aromatic carbocycles. The van der Waals surface area contributed by atoms with E-state index in [4.69, 9.17) is 0 Å². The minimum Gasteiger partial charge on any atom is -0.417 e. The zero-order valence-corrected chi connectivity index (χ0v) is 11.5. The van der Waals surface area contributed by atoms with Gasteiger partial charge in [-0.05, 0) is 13.0 Å². The number of pyridine rings is 1. The lowest BCUT2D eigenvalue weighted by Gasteiger charge is -2.06. The quantitative estimate of drug-likeness (QED) is 0.794. The predicted molar refractivity (Wildman–Crippen MR) is 73.7 cm³/mol. The lowest BCUT2D eigenvalue weighted by molar-refractivity contribution is -0.0528. The number of nitrogens with one attached hydrogen (secondary N) is 1. The molecule has 3 aromatic rings. The molecule has 0 spiro atoms. The molecule has 3 aromatic heterocycles. The molecule has 3 rings (SSSR count). The minimum atomic E-state index is -2.93. The topological polar surface area (TPSA) is 85.7 Å². The number of hydrogen-bond acceptors (Lipinski definition) is 5. The molecule has 3 heterocycles. The molecular weight excluding hydrogens is 296 g/mol. The van der Waals surface area contributed by atoms with E-state index >= 15 is 0 Å². The maximum absolute atomic E-state index is 12.1. The second kappa shape index (κ2) is 5.51. The maximum atomic E-state index is 12.1. The van der Waals surface area contributed by atoms with E-state index in [1.807, 2.05) is 6.92 Å². The molecule has 0 aliphatic heterocycles. The molecular formula is C13H11F2N5O2. The van der Waals surface area contributed by atoms with Gasteiger partial charge < -0.3 is 14.3 Å². The molecule has 0 saturated heterocycles. The van der Waals surface area contributed by atoms with Crippen molar-refractivity contribution in [3.05, 3.63) is 35.0 Å². The number of ether oxygens (including phenoxy) is 1. The molecule has 0 saturated carbocycles. The van der Waals surface area contributed by atoms with Gasteiger partial charge in [-0.25, -0.2) is 15.0 Å². The van der Waals surface area contributed by atoms with Crippen molar-refractivity contribution in [3.63, 3.8) is 0 Å². The van der Waals surface area contributed by atoms with Crippen molar-refractivity contribution in [3.8, 4) is 17.3 Å². The molecule has 0 fully saturated rings. The van der Waals surface area contributed by atoms with Gasteiger partial charge in [0.2, 0.25) is 5.88 Å². The van der Waals surface area contributed by atoms with Crippen LogP contribution < -0.4 is 10.3 Å². The zero-order valence-electron chi connectivity index (χ0n) is 11.5. The van der Waals surface area contributed by atoms with Crippen LogP contribution in [0.1, 0.15) is 6.92 Å². The highest BCUT2D eigenvalue weighted by Crippen LogP contribution is 2.23. The van der Waals surface area contributed by atoms with Crippen LogP contribution in [0.25, 0.3) is 22.6 Å². The third kappa shape index (κ3) is 2.41. The number of H-pyrrole nitrogens is 1. The van der Waals surface area contributed by atoms with Crippen molar-refractivity contribution in [1.82, 2.24) is 24.5 Å². The van der Waals surface area contributed by atoms with Crippen LogP contribution in [0.4, 0.5) is 8.78 Å². The van der Waals surface area contributed by atoms with Gasteiger partial charge in [-0.2, -0.15) is 8.78 Å². The smallest absolute Gasteiger partial charge is 0.388 e. The summed E-state index contributed by atoms with van der Waals surface area (Å²) in [5, 5.41) is 0. The summed E-state index contributed by atoms with van der Waals surface area (Å²) in [5.41, 5.74) is 0.895. The number of aryl methyl sites for hydroxylation is 1. The second-order valence-electron chi connectivity index (χ2n) is 4.35. The molecule has 9 heteroatoms. The van der Waals surface area contributed by atoms with E-state index in [-0.39, 0.29) is 17.0 Å². The van der Waals surface area contributed by atoms with Crippen LogP contribution in [0.5, 0.6) is 5.88 Å². The largest absolute Gasteiger partial charge is 0.417 e. The monoisotopic (exact) mass is 307 g/mol. The van der Waals surface area contributed by atoms with Crippen LogP contribution >= 0.6 is 0 Å². The highest BCUT2D eigenvalue weighted by Gasteiger charge is 2.15. The van der Waals surface area contributed by atoms with E-state index in [0.717, 1.165) is 0 Å². The van der Waals surface area contributed by atoms with E-state index in [2.05, 4.69) is 24.7 Å². The molecule has 0 aliphatic rings. The summed E-state index contributed by atoms with van der Waals surface area (Å²) in [6.45, 7) is -0.506. The molecule has 22 heavy (non-hydrogen) atoms. The maximum Gasteiger partial charge on any atom is 0.388 e. The fraction of sp³-hybridized carbons (Fsp3) is 0.231. The second-order valence-corrected chi connectivity index (χ2v) is 4.35. The van der Waals surface area contributed by atoms with Crippen LogP contribution in [0.2, 0.25) is 0 Å². The van der Waals surface area contributed by atoms with Crippen molar-refractivity contribution in [2.24, 2.45) is 0 Å². The molecule has 0 radical (unpaired) electrons. The first-order chi connectivity index (χ1) is 10.6. The number of hydrogen-bond donors (Lipinski definition) is 1. The van der Waals surface area contributed by atoms with Gasteiger partial charge in [-0.15, -0.1) is 0 Å². The van der Waals surface area contributed by atoms with Crippen LogP contribution in [0, 0.1) is 0 Å². The molecule has 114 valence electrons. The third-order valence-electron chi connectivity index (χ3n) is 3.06. The van der Waals surface area contributed by atoms with Gasteiger partial charge in [0.1, 0.15) is 5.82 Å². The number of aromatic nitrogens is 5. The van der Waals surface area contributed by atoms with Crippen LogP contribution in [-0.2, 0) is 6.54 Å². The number of halogens is 2. The standard InChI is InChI=1S/C13H11F2N5O2/c1-2-20-10(19-9-11(20)17-6-18-12(9)21)7-3-4-8(16-5-7)22-13(14)15/h3-6,13H,2H2,1H3,(H,17,18,21). The van der Waals surface area contributed by atoms with Gasteiger partial charge in [-0.1, -0.05) is 0 Å². The Morgan fingerprint density at radius 3 is 2.82 bits per heavy atom. The Morgan fingerprint density at radius 1 is 1.36 bits per heavy atom. The van der Waals surface area contributed by atoms with Crippen molar-refractivity contribution >= 4 is 11.2 Å². The molecule has 0 bridgehead atoms. The molecule has 7 nitrogen and oxygen atoms in total. The highest BCUT2D eigenvalue weighted by molar-refractivity contribution is 5.75. The number of imidazole rings is 1. The number of alkyl halides is 2. The van der Waals surface area contributed by atoms with Gasteiger partial charge in [0.15, 0.2) is 11.2 Å². The average molecular weight is 307 g/mol. The summed E-state index contributed by atoms with van der Waals surface area (Å²) < 4.78 is 30.2. The number of aromatic amines is 1. The zero-order chi connectivity index (χ0) is 15.7. The van der Waals surface area contributed by atoms with E-state index in [1.54, 1.807) is 10.6 Å². The van der Waals surface area contributed by atoms with Crippen LogP contribution in [0.15, 0.2) is 29.5 Å². The molecule has 0 atom stereocenters. The van der Waals surface area contributed by atoms with Crippen LogP contribution in [0.3, 0.4) is 0 Å². The average Bonchev–Trinajstić information content (AvgIpc) is 2.87. The van der Waals surface area contributed by atoms with Crippen molar-refractivity contribution < 1.29 is 13.5 Å². The lowest BCUT2D eigenvalue weighted by atomic mass is 10.2. The summed E-state index contributed by atoms with van der Waals surface area (Å²) in [6.07, 6.45) is 2.67. The van der Waals surface area contributed by atoms with Crippen molar-refractivity contribution in [2.45, 2.75) is 20.1 Å². The molecule has 1 N–H and O–H groups in total. The molecule has 0 unspecified atom stereocenters. The normalized spacial score (nSPS) is 11.3. The first kappa shape index (κ1) is 14.1. The first-order valence-corrected chi connectivity index (χ1v) is 6.45. The van der Waals surface area contributed by atoms with E-state index in [1.165, 1.54) is 18.6 Å². The van der Waals surface area contributed by atoms with E-state index < -0.39 is 6.61 Å². The Kier molecular flexibility index (Phi) is 3.53. The fourth-order valence-corrected chi connectivity index (χ4v) is 2.14. The van der Waals surface area contributed by atoms with Crippen molar-refractivity contribution in [2.75, 3.05) is 0 Å². The van der Waals surface area contributed by atoms with Crippen molar-refractivity contribution in [1.29, 1.82) is 0 Å². The Morgan fingerprint density at radius 2 is 2.18 bits per heavy atom. The predicted octanol–water partition coefficient (Wildman–Crippen LogP) is 1.80. The van der Waals surface area contributed by atoms with E-state index in [0.29, 0.717) is 23.6 Å². The number of fused-ring (bicyclic) bond motifs is 1. The van der Waals surface area contributed by atoms with Gasteiger partial charge in [0.05, 0.1) is 6.33 Å². The Bertz CT molecular complexity index is 857. The van der Waals surface area contributed by atoms with Gasteiger partial charge in [0.25, 0.3) is 5.56 Å². The Hall–Kier alpha value is -2.84. The van der Waals surface area contributed by atoms with E-state index in [9.17, 15) is 13.6 Å². The van der Waals surface area contributed by atoms with Gasteiger partial charge >= 0.3 is 6.61 Å². The summed E-state index contributed by atoms with van der Waals surface area (Å²) >= 11 is 0. The van der Waals surface area contributed by atoms with Gasteiger partial charge in [0, 0.05) is 24.4 Å². The SMILES string of the molecule is CCn1c(-c2ccc(OC(F)F)nc2)nc2c(=O)[nH]cnc21. The summed E-state index contributed by atoms with van der Waals surface area (Å²) in [7, 11) is 0. The van der Waals surface area contributed by atoms with Gasteiger partial charge in [-0.3, -0.25) is 4.79 Å². The summed E-state index contributed by atoms with van der Waals surface area (Å²) in [4.78, 5) is 26.4. The molecule has 0 aliphatic carbocycles. The minimum absolute atomic E-state index is 0.186. The Balaban J connectivity index is 2.09.